The first kappa shape index (κ1) is 24.3. The first-order chi connectivity index (χ1) is 15.5. The minimum atomic E-state index is -4.22. The van der Waals surface area contributed by atoms with Gasteiger partial charge in [-0.3, -0.25) is 14.1 Å². The second-order valence-electron chi connectivity index (χ2n) is 10.1. The summed E-state index contributed by atoms with van der Waals surface area (Å²) in [5, 5.41) is 0. The molecule has 33 heavy (non-hydrogen) atoms. The van der Waals surface area contributed by atoms with E-state index in [0.29, 0.717) is 49.7 Å². The molecule has 4 bridgehead atoms. The summed E-state index contributed by atoms with van der Waals surface area (Å²) in [6.07, 6.45) is 4.45. The number of carbonyl (C=O) groups excluding carboxylic acids is 2. The van der Waals surface area contributed by atoms with E-state index >= 15 is 0 Å². The van der Waals surface area contributed by atoms with E-state index in [1.165, 1.54) is 0 Å². The number of hydrogen-bond donors (Lipinski definition) is 1. The summed E-state index contributed by atoms with van der Waals surface area (Å²) in [5.41, 5.74) is 0.812. The van der Waals surface area contributed by atoms with Crippen LogP contribution in [-0.4, -0.2) is 53.0 Å². The highest BCUT2D eigenvalue weighted by Crippen LogP contribution is 2.66. The third kappa shape index (κ3) is 4.74. The number of aryl methyl sites for hydroxylation is 1. The molecule has 4 saturated carbocycles. The highest BCUT2D eigenvalue weighted by molar-refractivity contribution is 7.85. The zero-order chi connectivity index (χ0) is 24.0. The van der Waals surface area contributed by atoms with Gasteiger partial charge >= 0.3 is 11.9 Å². The fraction of sp³-hybridized carbons (Fsp3) is 0.652. The number of hydrogen-bond acceptors (Lipinski definition) is 6. The van der Waals surface area contributed by atoms with Gasteiger partial charge in [0.25, 0.3) is 10.1 Å². The van der Waals surface area contributed by atoms with Crippen LogP contribution in [0.5, 0.6) is 5.75 Å². The summed E-state index contributed by atoms with van der Waals surface area (Å²) in [6, 6.07) is 3.74. The van der Waals surface area contributed by atoms with Crippen molar-refractivity contribution < 1.29 is 32.0 Å². The van der Waals surface area contributed by atoms with E-state index in [0.717, 1.165) is 17.5 Å². The van der Waals surface area contributed by atoms with Gasteiger partial charge in [0.1, 0.15) is 18.1 Å². The van der Waals surface area contributed by atoms with Crippen LogP contribution in [0.25, 0.3) is 0 Å². The van der Waals surface area contributed by atoms with Crippen LogP contribution in [0.4, 0.5) is 0 Å². The van der Waals surface area contributed by atoms with Crippen LogP contribution in [0.3, 0.4) is 0 Å². The Hall–Kier alpha value is -1.80. The lowest BCUT2D eigenvalue weighted by Crippen LogP contribution is -2.58. The summed E-state index contributed by atoms with van der Waals surface area (Å²) < 4.78 is 42.1. The average Bonchev–Trinajstić information content (AvgIpc) is 2.72. The number of ether oxygens (including phenoxy) is 2. The molecule has 4 radical (unpaired) electrons. The molecule has 0 saturated heterocycles. The topological polar surface area (TPSA) is 107 Å². The Balaban J connectivity index is 1.56. The molecule has 2 atom stereocenters. The van der Waals surface area contributed by atoms with Crippen molar-refractivity contribution in [2.24, 2.45) is 22.7 Å². The van der Waals surface area contributed by atoms with Crippen LogP contribution in [0.2, 0.25) is 0 Å². The van der Waals surface area contributed by atoms with Gasteiger partial charge in [-0.2, -0.15) is 8.42 Å². The summed E-state index contributed by atoms with van der Waals surface area (Å²) in [5.74, 6) is -0.589. The van der Waals surface area contributed by atoms with Crippen LogP contribution < -0.4 is 4.74 Å². The van der Waals surface area contributed by atoms with E-state index in [9.17, 15) is 18.0 Å². The van der Waals surface area contributed by atoms with Crippen LogP contribution >= 0.6 is 0 Å². The van der Waals surface area contributed by atoms with Crippen molar-refractivity contribution in [1.82, 2.24) is 0 Å². The fourth-order valence-corrected chi connectivity index (χ4v) is 6.97. The Kier molecular flexibility index (Phi) is 6.46. The molecule has 4 aliphatic rings. The van der Waals surface area contributed by atoms with Gasteiger partial charge in [0, 0.05) is 0 Å². The SMILES string of the molecule is [B]Cc1cc(C)c(OC(=O)C23CC4CC(CC(C(=O)OCCS(=O)(=O)O)(C4)C2)C3)c(C[B])c1. The Morgan fingerprint density at radius 1 is 1.06 bits per heavy atom. The predicted molar refractivity (Wildman–Crippen MR) is 123 cm³/mol. The lowest BCUT2D eigenvalue weighted by Gasteiger charge is -2.59. The van der Waals surface area contributed by atoms with Crippen molar-refractivity contribution in [3.63, 3.8) is 0 Å². The van der Waals surface area contributed by atoms with Crippen molar-refractivity contribution >= 4 is 37.7 Å². The molecule has 0 spiro atoms. The molecular formula is C23H28B2O7S. The molecule has 174 valence electrons. The predicted octanol–water partition coefficient (Wildman–Crippen LogP) is 2.26. The first-order valence-corrected chi connectivity index (χ1v) is 13.0. The Bertz CT molecular complexity index is 1050. The standard InChI is InChI=1S/C23H28B2O7S/c1-14-4-15(11-24)6-18(12-25)19(14)32-21(27)23-9-16-5-17(10-23)8-22(7-16,13-23)20(26)31-2-3-33(28,29)30/h4,6,16-17H,2-3,5,7-13H2,1H3,(H,28,29,30). The number of carbonyl (C=O) groups is 2. The highest BCUT2D eigenvalue weighted by atomic mass is 32.2. The van der Waals surface area contributed by atoms with E-state index in [1.54, 1.807) is 0 Å². The summed E-state index contributed by atoms with van der Waals surface area (Å²) >= 11 is 0. The zero-order valence-corrected chi connectivity index (χ0v) is 19.7. The molecule has 4 fully saturated rings. The molecule has 0 aliphatic heterocycles. The molecule has 0 aromatic heterocycles. The maximum absolute atomic E-state index is 13.6. The molecule has 7 nitrogen and oxygen atoms in total. The van der Waals surface area contributed by atoms with E-state index in [1.807, 2.05) is 19.1 Å². The smallest absolute Gasteiger partial charge is 0.317 e. The quantitative estimate of drug-likeness (QED) is 0.269. The Morgan fingerprint density at radius 3 is 2.21 bits per heavy atom. The van der Waals surface area contributed by atoms with Crippen molar-refractivity contribution in [2.75, 3.05) is 12.4 Å². The van der Waals surface area contributed by atoms with E-state index in [4.69, 9.17) is 29.7 Å². The summed E-state index contributed by atoms with van der Waals surface area (Å²) in [6.45, 7) is 1.45. The second kappa shape index (κ2) is 8.77. The van der Waals surface area contributed by atoms with Crippen LogP contribution in [0.15, 0.2) is 12.1 Å². The minimum absolute atomic E-state index is 0.208. The molecule has 1 N–H and O–H groups in total. The zero-order valence-electron chi connectivity index (χ0n) is 18.8. The van der Waals surface area contributed by atoms with Crippen LogP contribution in [0, 0.1) is 29.6 Å². The van der Waals surface area contributed by atoms with Gasteiger partial charge in [0.15, 0.2) is 0 Å². The third-order valence-corrected chi connectivity index (χ3v) is 8.25. The van der Waals surface area contributed by atoms with Crippen molar-refractivity contribution in [3.8, 4) is 5.75 Å². The molecule has 0 amide bonds. The van der Waals surface area contributed by atoms with Gasteiger partial charge < -0.3 is 9.47 Å². The van der Waals surface area contributed by atoms with Gasteiger partial charge in [0.2, 0.25) is 0 Å². The minimum Gasteiger partial charge on any atom is -0.464 e. The summed E-state index contributed by atoms with van der Waals surface area (Å²) in [4.78, 5) is 26.7. The first-order valence-electron chi connectivity index (χ1n) is 11.4. The lowest BCUT2D eigenvalue weighted by atomic mass is 9.44. The average molecular weight is 470 g/mol. The lowest BCUT2D eigenvalue weighted by molar-refractivity contribution is -0.189. The molecule has 2 unspecified atom stereocenters. The van der Waals surface area contributed by atoms with Crippen LogP contribution in [0.1, 0.15) is 55.2 Å². The second-order valence-corrected chi connectivity index (χ2v) is 11.7. The van der Waals surface area contributed by atoms with E-state index < -0.39 is 39.3 Å². The van der Waals surface area contributed by atoms with Gasteiger partial charge in [-0.05, 0) is 68.4 Å². The Labute approximate surface area is 197 Å². The highest BCUT2D eigenvalue weighted by Gasteiger charge is 2.64. The van der Waals surface area contributed by atoms with Gasteiger partial charge in [0.05, 0.1) is 26.5 Å². The molecule has 5 rings (SSSR count). The Morgan fingerprint density at radius 2 is 1.67 bits per heavy atom. The molecule has 0 heterocycles. The molecular weight excluding hydrogens is 442 g/mol. The van der Waals surface area contributed by atoms with Crippen molar-refractivity contribution in [3.05, 3.63) is 28.8 Å². The van der Waals surface area contributed by atoms with Crippen molar-refractivity contribution in [2.45, 2.75) is 58.1 Å². The third-order valence-electron chi connectivity index (χ3n) is 7.56. The molecule has 4 aliphatic carbocycles. The molecule has 1 aromatic rings. The molecule has 1 aromatic carbocycles. The number of benzene rings is 1. The largest absolute Gasteiger partial charge is 0.464 e. The fourth-order valence-electron chi connectivity index (χ4n) is 6.68. The monoisotopic (exact) mass is 470 g/mol. The van der Waals surface area contributed by atoms with E-state index in [2.05, 4.69) is 0 Å². The van der Waals surface area contributed by atoms with Gasteiger partial charge in [-0.1, -0.05) is 30.3 Å². The van der Waals surface area contributed by atoms with Crippen LogP contribution in [-0.2, 0) is 37.1 Å². The molecule has 10 heteroatoms. The number of rotatable bonds is 8. The maximum Gasteiger partial charge on any atom is 0.317 e. The van der Waals surface area contributed by atoms with Gasteiger partial charge in [-0.15, -0.1) is 0 Å². The van der Waals surface area contributed by atoms with E-state index in [-0.39, 0.29) is 24.1 Å². The van der Waals surface area contributed by atoms with Gasteiger partial charge in [-0.25, -0.2) is 0 Å². The maximum atomic E-state index is 13.6. The normalized spacial score (nSPS) is 30.2. The number of esters is 2. The summed E-state index contributed by atoms with van der Waals surface area (Å²) in [7, 11) is 7.45. The van der Waals surface area contributed by atoms with Crippen molar-refractivity contribution in [1.29, 1.82) is 0 Å².